The minimum Gasteiger partial charge on any atom is -0.491 e. The second-order valence-electron chi connectivity index (χ2n) is 7.36. The summed E-state index contributed by atoms with van der Waals surface area (Å²) in [5.41, 5.74) is 6.44. The van der Waals surface area contributed by atoms with Gasteiger partial charge in [-0.1, -0.05) is 6.92 Å². The van der Waals surface area contributed by atoms with Crippen molar-refractivity contribution in [3.63, 3.8) is 0 Å². The highest BCUT2D eigenvalue weighted by Crippen LogP contribution is 2.24. The highest BCUT2D eigenvalue weighted by atomic mass is 16.6. The van der Waals surface area contributed by atoms with Crippen LogP contribution in [-0.2, 0) is 4.74 Å². The van der Waals surface area contributed by atoms with Crippen LogP contribution < -0.4 is 10.5 Å². The number of nitrogens with two attached hydrogens (primary N) is 1. The zero-order valence-corrected chi connectivity index (χ0v) is 16.1. The minimum absolute atomic E-state index is 0.0948. The Kier molecular flexibility index (Phi) is 6.34. The summed E-state index contributed by atoms with van der Waals surface area (Å²) in [6.07, 6.45) is 0.550. The van der Waals surface area contributed by atoms with Crippen molar-refractivity contribution in [3.8, 4) is 5.75 Å². The maximum Gasteiger partial charge on any atom is 0.410 e. The summed E-state index contributed by atoms with van der Waals surface area (Å²) < 4.78 is 10.9. The first-order chi connectivity index (χ1) is 12.2. The van der Waals surface area contributed by atoms with Crippen molar-refractivity contribution in [1.82, 2.24) is 9.80 Å². The molecule has 0 unspecified atom stereocenters. The maximum atomic E-state index is 12.7. The summed E-state index contributed by atoms with van der Waals surface area (Å²) in [5, 5.41) is 0. The molecule has 2 amide bonds. The zero-order chi connectivity index (χ0) is 19.3. The van der Waals surface area contributed by atoms with Gasteiger partial charge in [0, 0.05) is 31.7 Å². The van der Waals surface area contributed by atoms with Gasteiger partial charge in [0.15, 0.2) is 0 Å². The molecule has 1 aliphatic heterocycles. The lowest BCUT2D eigenvalue weighted by Gasteiger charge is -2.35. The van der Waals surface area contributed by atoms with Crippen LogP contribution in [0.1, 0.15) is 44.5 Å². The standard InChI is InChI=1S/C19H29N3O4/c1-5-12-25-16-7-6-14(13-15(16)20)17(23)21-8-10-22(11-9-21)18(24)26-19(2,3)4/h6-7,13H,5,8-12,20H2,1-4H3. The molecule has 1 saturated heterocycles. The molecule has 144 valence electrons. The van der Waals surface area contributed by atoms with Gasteiger partial charge in [-0.2, -0.15) is 0 Å². The number of benzene rings is 1. The quantitative estimate of drug-likeness (QED) is 0.832. The Labute approximate surface area is 155 Å². The van der Waals surface area contributed by atoms with Crippen LogP contribution in [0.5, 0.6) is 5.75 Å². The smallest absolute Gasteiger partial charge is 0.410 e. The Morgan fingerprint density at radius 1 is 1.12 bits per heavy atom. The number of nitrogen functional groups attached to an aromatic ring is 1. The van der Waals surface area contributed by atoms with Gasteiger partial charge in [-0.05, 0) is 45.4 Å². The van der Waals surface area contributed by atoms with Crippen LogP contribution in [0.15, 0.2) is 18.2 Å². The van der Waals surface area contributed by atoms with E-state index in [4.69, 9.17) is 15.2 Å². The van der Waals surface area contributed by atoms with E-state index >= 15 is 0 Å². The van der Waals surface area contributed by atoms with Crippen LogP contribution in [0.4, 0.5) is 10.5 Å². The molecule has 0 spiro atoms. The molecule has 0 saturated carbocycles. The zero-order valence-electron chi connectivity index (χ0n) is 16.1. The summed E-state index contributed by atoms with van der Waals surface area (Å²) in [6.45, 7) is 9.95. The highest BCUT2D eigenvalue weighted by Gasteiger charge is 2.28. The fourth-order valence-corrected chi connectivity index (χ4v) is 2.63. The van der Waals surface area contributed by atoms with Crippen LogP contribution >= 0.6 is 0 Å². The van der Waals surface area contributed by atoms with E-state index in [1.807, 2.05) is 27.7 Å². The van der Waals surface area contributed by atoms with Gasteiger partial charge in [0.2, 0.25) is 0 Å². The topological polar surface area (TPSA) is 85.1 Å². The second kappa shape index (κ2) is 8.29. The van der Waals surface area contributed by atoms with Crippen LogP contribution in [-0.4, -0.2) is 60.2 Å². The first kappa shape index (κ1) is 19.9. The summed E-state index contributed by atoms with van der Waals surface area (Å²) in [5.74, 6) is 0.501. The van der Waals surface area contributed by atoms with Gasteiger partial charge in [0.25, 0.3) is 5.91 Å². The predicted molar refractivity (Wildman–Crippen MR) is 100 cm³/mol. The molecule has 2 rings (SSSR count). The molecular formula is C19H29N3O4. The summed E-state index contributed by atoms with van der Waals surface area (Å²) >= 11 is 0. The molecule has 7 nitrogen and oxygen atoms in total. The van der Waals surface area contributed by atoms with E-state index in [2.05, 4.69) is 0 Å². The van der Waals surface area contributed by atoms with Gasteiger partial charge in [0.1, 0.15) is 11.4 Å². The van der Waals surface area contributed by atoms with Crippen LogP contribution in [0.3, 0.4) is 0 Å². The summed E-state index contributed by atoms with van der Waals surface area (Å²) in [6, 6.07) is 5.10. The molecule has 1 aromatic carbocycles. The highest BCUT2D eigenvalue weighted by molar-refractivity contribution is 5.95. The van der Waals surface area contributed by atoms with Gasteiger partial charge in [0.05, 0.1) is 12.3 Å². The number of ether oxygens (including phenoxy) is 2. The molecule has 1 heterocycles. The third-order valence-corrected chi connectivity index (χ3v) is 3.94. The molecule has 0 aromatic heterocycles. The number of nitrogens with zero attached hydrogens (tertiary/aromatic N) is 2. The normalized spacial score (nSPS) is 14.9. The number of hydrogen-bond acceptors (Lipinski definition) is 5. The fourth-order valence-electron chi connectivity index (χ4n) is 2.63. The van der Waals surface area contributed by atoms with E-state index in [0.29, 0.717) is 49.8 Å². The number of amides is 2. The molecular weight excluding hydrogens is 334 g/mol. The van der Waals surface area contributed by atoms with Crippen molar-refractivity contribution < 1.29 is 19.1 Å². The average molecular weight is 363 g/mol. The Morgan fingerprint density at radius 2 is 1.73 bits per heavy atom. The largest absolute Gasteiger partial charge is 0.491 e. The lowest BCUT2D eigenvalue weighted by molar-refractivity contribution is 0.0141. The number of carbonyl (C=O) groups excluding carboxylic acids is 2. The Hall–Kier alpha value is -2.44. The van der Waals surface area contributed by atoms with Crippen molar-refractivity contribution in [1.29, 1.82) is 0 Å². The molecule has 0 atom stereocenters. The van der Waals surface area contributed by atoms with Crippen molar-refractivity contribution in [2.75, 3.05) is 38.5 Å². The van der Waals surface area contributed by atoms with Crippen molar-refractivity contribution >= 4 is 17.7 Å². The third-order valence-electron chi connectivity index (χ3n) is 3.94. The summed E-state index contributed by atoms with van der Waals surface area (Å²) in [7, 11) is 0. The lowest BCUT2D eigenvalue weighted by atomic mass is 10.1. The first-order valence-electron chi connectivity index (χ1n) is 9.01. The molecule has 1 aliphatic rings. The Balaban J connectivity index is 1.94. The van der Waals surface area contributed by atoms with Crippen LogP contribution in [0, 0.1) is 0 Å². The van der Waals surface area contributed by atoms with Crippen molar-refractivity contribution in [2.45, 2.75) is 39.7 Å². The Bertz CT molecular complexity index is 647. The number of rotatable bonds is 4. The van der Waals surface area contributed by atoms with Gasteiger partial charge in [-0.3, -0.25) is 4.79 Å². The van der Waals surface area contributed by atoms with E-state index < -0.39 is 5.60 Å². The van der Waals surface area contributed by atoms with Crippen molar-refractivity contribution in [3.05, 3.63) is 23.8 Å². The first-order valence-corrected chi connectivity index (χ1v) is 9.01. The SMILES string of the molecule is CCCOc1ccc(C(=O)N2CCN(C(=O)OC(C)(C)C)CC2)cc1N. The second-order valence-corrected chi connectivity index (χ2v) is 7.36. The molecule has 1 aromatic rings. The van der Waals surface area contributed by atoms with Crippen LogP contribution in [0.2, 0.25) is 0 Å². The maximum absolute atomic E-state index is 12.7. The minimum atomic E-state index is -0.525. The number of hydrogen-bond donors (Lipinski definition) is 1. The van der Waals surface area contributed by atoms with Crippen molar-refractivity contribution in [2.24, 2.45) is 0 Å². The molecule has 0 radical (unpaired) electrons. The Morgan fingerprint density at radius 3 is 2.27 bits per heavy atom. The van der Waals surface area contributed by atoms with Gasteiger partial charge in [-0.25, -0.2) is 4.79 Å². The summed E-state index contributed by atoms with van der Waals surface area (Å²) in [4.78, 5) is 28.1. The molecule has 26 heavy (non-hydrogen) atoms. The van der Waals surface area contributed by atoms with E-state index in [1.165, 1.54) is 0 Å². The van der Waals surface area contributed by atoms with Gasteiger partial charge in [-0.15, -0.1) is 0 Å². The van der Waals surface area contributed by atoms with Gasteiger partial charge < -0.3 is 25.0 Å². The van der Waals surface area contributed by atoms with E-state index in [1.54, 1.807) is 28.0 Å². The molecule has 0 aliphatic carbocycles. The lowest BCUT2D eigenvalue weighted by Crippen LogP contribution is -2.51. The predicted octanol–water partition coefficient (Wildman–Crippen LogP) is 2.75. The average Bonchev–Trinajstić information content (AvgIpc) is 2.58. The third kappa shape index (κ3) is 5.28. The molecule has 2 N–H and O–H groups in total. The van der Waals surface area contributed by atoms with Crippen LogP contribution in [0.25, 0.3) is 0 Å². The molecule has 1 fully saturated rings. The molecule has 7 heteroatoms. The van der Waals surface area contributed by atoms with E-state index in [9.17, 15) is 9.59 Å². The number of anilines is 1. The van der Waals surface area contributed by atoms with Gasteiger partial charge >= 0.3 is 6.09 Å². The van der Waals surface area contributed by atoms with E-state index in [0.717, 1.165) is 6.42 Å². The molecule has 0 bridgehead atoms. The number of piperazine rings is 1. The monoisotopic (exact) mass is 363 g/mol. The number of carbonyl (C=O) groups is 2. The van der Waals surface area contributed by atoms with E-state index in [-0.39, 0.29) is 12.0 Å². The fraction of sp³-hybridized carbons (Fsp3) is 0.579.